The topological polar surface area (TPSA) is 64.0 Å². The monoisotopic (exact) mass is 421 g/mol. The molecule has 1 heterocycles. The summed E-state index contributed by atoms with van der Waals surface area (Å²) < 4.78 is 1.74. The van der Waals surface area contributed by atoms with E-state index in [-0.39, 0.29) is 17.5 Å². The largest absolute Gasteiger partial charge is 0.352 e. The van der Waals surface area contributed by atoms with Crippen molar-refractivity contribution in [1.82, 2.24) is 14.9 Å². The van der Waals surface area contributed by atoms with E-state index in [9.17, 15) is 9.59 Å². The quantitative estimate of drug-likeness (QED) is 0.428. The lowest BCUT2D eigenvalue weighted by molar-refractivity contribution is -0.120. The summed E-state index contributed by atoms with van der Waals surface area (Å²) in [4.78, 5) is 31.1. The van der Waals surface area contributed by atoms with Gasteiger partial charge in [-0.15, -0.1) is 0 Å². The van der Waals surface area contributed by atoms with Crippen LogP contribution in [0.1, 0.15) is 43.9 Å². The third-order valence-electron chi connectivity index (χ3n) is 5.24. The maximum Gasteiger partial charge on any atom is 0.262 e. The molecule has 1 aliphatic rings. The van der Waals surface area contributed by atoms with E-state index in [1.165, 1.54) is 11.8 Å². The molecule has 1 aromatic heterocycles. The van der Waals surface area contributed by atoms with Gasteiger partial charge in [0.05, 0.1) is 10.9 Å². The van der Waals surface area contributed by atoms with Gasteiger partial charge in [-0.05, 0) is 42.9 Å². The zero-order chi connectivity index (χ0) is 21.1. The molecule has 30 heavy (non-hydrogen) atoms. The Morgan fingerprint density at radius 3 is 2.53 bits per heavy atom. The highest BCUT2D eigenvalue weighted by molar-refractivity contribution is 8.00. The number of fused-ring (bicyclic) bond motifs is 1. The first kappa shape index (κ1) is 20.7. The third kappa shape index (κ3) is 4.75. The molecule has 4 rings (SSSR count). The number of carbonyl (C=O) groups excluding carboxylic acids is 1. The van der Waals surface area contributed by atoms with E-state index in [4.69, 9.17) is 4.98 Å². The smallest absolute Gasteiger partial charge is 0.262 e. The Labute approximate surface area is 180 Å². The number of nitrogens with one attached hydrogen (secondary N) is 1. The predicted molar refractivity (Wildman–Crippen MR) is 122 cm³/mol. The number of para-hydroxylation sites is 1. The molecule has 1 atom stereocenters. The fourth-order valence-corrected chi connectivity index (χ4v) is 4.46. The zero-order valence-electron chi connectivity index (χ0n) is 17.4. The van der Waals surface area contributed by atoms with E-state index in [1.54, 1.807) is 4.57 Å². The van der Waals surface area contributed by atoms with Gasteiger partial charge >= 0.3 is 0 Å². The van der Waals surface area contributed by atoms with E-state index in [0.29, 0.717) is 28.5 Å². The van der Waals surface area contributed by atoms with Gasteiger partial charge in [-0.25, -0.2) is 4.98 Å². The number of thioether (sulfide) groups is 1. The van der Waals surface area contributed by atoms with Gasteiger partial charge in [0.25, 0.3) is 5.56 Å². The highest BCUT2D eigenvalue weighted by Crippen LogP contribution is 2.36. The molecule has 0 aliphatic heterocycles. The average molecular weight is 422 g/mol. The van der Waals surface area contributed by atoms with Gasteiger partial charge in [0, 0.05) is 12.6 Å². The fourth-order valence-electron chi connectivity index (χ4n) is 3.33. The molecule has 0 saturated heterocycles. The van der Waals surface area contributed by atoms with Crippen LogP contribution in [0.15, 0.2) is 64.5 Å². The number of hydrogen-bond acceptors (Lipinski definition) is 4. The fraction of sp³-hybridized carbons (Fsp3) is 0.375. The van der Waals surface area contributed by atoms with Gasteiger partial charge in [0.1, 0.15) is 5.25 Å². The summed E-state index contributed by atoms with van der Waals surface area (Å²) in [6, 6.07) is 17.4. The van der Waals surface area contributed by atoms with E-state index in [2.05, 4.69) is 19.2 Å². The lowest BCUT2D eigenvalue weighted by Gasteiger charge is -2.20. The predicted octanol–water partition coefficient (Wildman–Crippen LogP) is 4.55. The maximum absolute atomic E-state index is 13.2. The Bertz CT molecular complexity index is 1090. The van der Waals surface area contributed by atoms with Crippen LogP contribution in [0, 0.1) is 5.92 Å². The SMILES string of the molecule is CC(C)CCn1c(SC(C(=O)NC2CC2)c2ccccc2)nc2ccccc2c1=O. The van der Waals surface area contributed by atoms with Crippen LogP contribution in [0.5, 0.6) is 0 Å². The van der Waals surface area contributed by atoms with Crippen LogP contribution in [0.4, 0.5) is 0 Å². The number of hydrogen-bond donors (Lipinski definition) is 1. The van der Waals surface area contributed by atoms with Gasteiger partial charge in [0.2, 0.25) is 5.91 Å². The van der Waals surface area contributed by atoms with Crippen molar-refractivity contribution in [3.8, 4) is 0 Å². The van der Waals surface area contributed by atoms with Crippen LogP contribution in [-0.2, 0) is 11.3 Å². The molecular weight excluding hydrogens is 394 g/mol. The van der Waals surface area contributed by atoms with Crippen molar-refractivity contribution in [1.29, 1.82) is 0 Å². The number of rotatable bonds is 8. The molecule has 0 radical (unpaired) electrons. The molecule has 1 unspecified atom stereocenters. The molecule has 2 aromatic carbocycles. The molecule has 1 fully saturated rings. The molecule has 1 amide bonds. The van der Waals surface area contributed by atoms with E-state index >= 15 is 0 Å². The minimum absolute atomic E-state index is 0.0217. The normalized spacial score (nSPS) is 14.8. The van der Waals surface area contributed by atoms with Crippen LogP contribution >= 0.6 is 11.8 Å². The number of carbonyl (C=O) groups is 1. The Hall–Kier alpha value is -2.60. The maximum atomic E-state index is 13.2. The van der Waals surface area contributed by atoms with Crippen molar-refractivity contribution in [3.63, 3.8) is 0 Å². The van der Waals surface area contributed by atoms with Crippen molar-refractivity contribution in [2.75, 3.05) is 0 Å². The highest BCUT2D eigenvalue weighted by Gasteiger charge is 2.30. The number of aromatic nitrogens is 2. The molecular formula is C24H27N3O2S. The van der Waals surface area contributed by atoms with Crippen molar-refractivity contribution in [2.24, 2.45) is 5.92 Å². The van der Waals surface area contributed by atoms with Gasteiger partial charge in [-0.3, -0.25) is 14.2 Å². The molecule has 0 spiro atoms. The van der Waals surface area contributed by atoms with E-state index < -0.39 is 5.25 Å². The van der Waals surface area contributed by atoms with Crippen molar-refractivity contribution in [3.05, 3.63) is 70.5 Å². The van der Waals surface area contributed by atoms with Crippen molar-refractivity contribution in [2.45, 2.75) is 56.1 Å². The molecule has 3 aromatic rings. The van der Waals surface area contributed by atoms with Crippen LogP contribution in [0.25, 0.3) is 10.9 Å². The Morgan fingerprint density at radius 2 is 1.83 bits per heavy atom. The first-order chi connectivity index (χ1) is 14.5. The molecule has 5 nitrogen and oxygen atoms in total. The minimum Gasteiger partial charge on any atom is -0.352 e. The molecule has 0 bridgehead atoms. The number of amides is 1. The van der Waals surface area contributed by atoms with Crippen LogP contribution in [-0.4, -0.2) is 21.5 Å². The summed E-state index contributed by atoms with van der Waals surface area (Å²) in [5.74, 6) is 0.441. The van der Waals surface area contributed by atoms with Crippen LogP contribution in [0.2, 0.25) is 0 Å². The summed E-state index contributed by atoms with van der Waals surface area (Å²) >= 11 is 1.37. The molecule has 1 aliphatic carbocycles. The van der Waals surface area contributed by atoms with Crippen LogP contribution in [0.3, 0.4) is 0 Å². The second-order valence-electron chi connectivity index (χ2n) is 8.24. The average Bonchev–Trinajstić information content (AvgIpc) is 3.56. The van der Waals surface area contributed by atoms with E-state index in [1.807, 2.05) is 54.6 Å². The third-order valence-corrected chi connectivity index (χ3v) is 6.49. The zero-order valence-corrected chi connectivity index (χ0v) is 18.2. The van der Waals surface area contributed by atoms with Crippen molar-refractivity contribution < 1.29 is 4.79 Å². The second kappa shape index (κ2) is 9.04. The highest BCUT2D eigenvalue weighted by atomic mass is 32.2. The molecule has 156 valence electrons. The lowest BCUT2D eigenvalue weighted by Crippen LogP contribution is -2.31. The Kier molecular flexibility index (Phi) is 6.23. The summed E-state index contributed by atoms with van der Waals surface area (Å²) in [5, 5.41) is 3.88. The molecule has 1 saturated carbocycles. The van der Waals surface area contributed by atoms with Crippen LogP contribution < -0.4 is 10.9 Å². The van der Waals surface area contributed by atoms with Crippen molar-refractivity contribution >= 4 is 28.6 Å². The number of nitrogens with zero attached hydrogens (tertiary/aromatic N) is 2. The first-order valence-electron chi connectivity index (χ1n) is 10.5. The van der Waals surface area contributed by atoms with Gasteiger partial charge in [-0.1, -0.05) is 68.1 Å². The van der Waals surface area contributed by atoms with E-state index in [0.717, 1.165) is 24.8 Å². The standard InChI is InChI=1S/C24H27N3O2S/c1-16(2)14-15-27-23(29)19-10-6-7-11-20(19)26-24(27)30-21(17-8-4-3-5-9-17)22(28)25-18-12-13-18/h3-11,16,18,21H,12-15H2,1-2H3,(H,25,28). The Morgan fingerprint density at radius 1 is 1.13 bits per heavy atom. The summed E-state index contributed by atoms with van der Waals surface area (Å²) in [6.07, 6.45) is 2.94. The first-order valence-corrected chi connectivity index (χ1v) is 11.4. The number of benzene rings is 2. The minimum atomic E-state index is -0.454. The lowest BCUT2D eigenvalue weighted by atomic mass is 10.1. The summed E-state index contributed by atoms with van der Waals surface area (Å²) in [6.45, 7) is 4.87. The Balaban J connectivity index is 1.75. The summed E-state index contributed by atoms with van der Waals surface area (Å²) in [5.41, 5.74) is 1.54. The van der Waals surface area contributed by atoms with Gasteiger partial charge in [-0.2, -0.15) is 0 Å². The van der Waals surface area contributed by atoms with Gasteiger partial charge in [0.15, 0.2) is 5.16 Å². The molecule has 6 heteroatoms. The second-order valence-corrected chi connectivity index (χ2v) is 9.31. The van der Waals surface area contributed by atoms with Gasteiger partial charge < -0.3 is 5.32 Å². The molecule has 1 N–H and O–H groups in total. The summed E-state index contributed by atoms with van der Waals surface area (Å²) in [7, 11) is 0.